The fraction of sp³-hybridized carbons (Fsp3) is 0.684. The molecule has 2 saturated heterocycles. The molecule has 136 valence electrons. The highest BCUT2D eigenvalue weighted by molar-refractivity contribution is 5.96. The molecule has 25 heavy (non-hydrogen) atoms. The molecule has 4 aliphatic rings. The van der Waals surface area contributed by atoms with Gasteiger partial charge in [-0.1, -0.05) is 19.9 Å². The van der Waals surface area contributed by atoms with E-state index in [1.165, 1.54) is 6.08 Å². The predicted molar refractivity (Wildman–Crippen MR) is 87.6 cm³/mol. The van der Waals surface area contributed by atoms with Crippen LogP contribution in [0.1, 0.15) is 34.1 Å². The number of hydrogen-bond donors (Lipinski definition) is 1. The molecule has 7 atom stereocenters. The summed E-state index contributed by atoms with van der Waals surface area (Å²) in [5, 5.41) is 10.9. The first-order valence-electron chi connectivity index (χ1n) is 8.74. The second kappa shape index (κ2) is 5.02. The Hall–Kier alpha value is -1.50. The number of ether oxygens (including phenoxy) is 3. The van der Waals surface area contributed by atoms with Gasteiger partial charge in [-0.2, -0.15) is 0 Å². The molecular weight excluding hydrogens is 324 g/mol. The van der Waals surface area contributed by atoms with Crippen molar-refractivity contribution in [3.8, 4) is 0 Å². The summed E-state index contributed by atoms with van der Waals surface area (Å²) in [6.07, 6.45) is 2.36. The lowest BCUT2D eigenvalue weighted by Gasteiger charge is -2.56. The van der Waals surface area contributed by atoms with Crippen LogP contribution in [0.3, 0.4) is 0 Å². The first-order valence-corrected chi connectivity index (χ1v) is 8.74. The number of Topliss-reactive ketones (excluding diaryl/α,β-unsaturated/α-hetero) is 1. The SMILES string of the molecule is C/C=C\C(=O)O[C@@H]1[C@@H](O)C2O[C@@H]3C=C(C)C(=O)C[C@]3(C)[C@@]1(C)[C@@]21CO1. The molecule has 6 heteroatoms. The molecule has 0 aromatic rings. The number of carbonyl (C=O) groups is 2. The molecular formula is C19H24O6. The van der Waals surface area contributed by atoms with Crippen molar-refractivity contribution in [2.45, 2.75) is 64.1 Å². The Morgan fingerprint density at radius 3 is 2.72 bits per heavy atom. The maximum Gasteiger partial charge on any atom is 0.330 e. The van der Waals surface area contributed by atoms with Crippen molar-refractivity contribution < 1.29 is 28.9 Å². The van der Waals surface area contributed by atoms with Gasteiger partial charge in [0.25, 0.3) is 0 Å². The topological polar surface area (TPSA) is 85.4 Å². The third-order valence-corrected chi connectivity index (χ3v) is 7.01. The molecule has 0 aromatic heterocycles. The van der Waals surface area contributed by atoms with Crippen molar-refractivity contribution in [2.75, 3.05) is 6.61 Å². The Bertz CT molecular complexity index is 705. The normalized spacial score (nSPS) is 50.8. The van der Waals surface area contributed by atoms with Gasteiger partial charge in [0, 0.05) is 23.3 Å². The van der Waals surface area contributed by atoms with Gasteiger partial charge in [-0.3, -0.25) is 4.79 Å². The quantitative estimate of drug-likeness (QED) is 0.460. The van der Waals surface area contributed by atoms with Crippen molar-refractivity contribution in [3.63, 3.8) is 0 Å². The van der Waals surface area contributed by atoms with E-state index in [1.54, 1.807) is 19.9 Å². The molecule has 0 amide bonds. The van der Waals surface area contributed by atoms with Crippen molar-refractivity contribution in [2.24, 2.45) is 10.8 Å². The van der Waals surface area contributed by atoms with Crippen LogP contribution in [-0.4, -0.2) is 53.5 Å². The Morgan fingerprint density at radius 2 is 2.12 bits per heavy atom. The van der Waals surface area contributed by atoms with E-state index in [2.05, 4.69) is 0 Å². The zero-order chi connectivity index (χ0) is 18.2. The average molecular weight is 348 g/mol. The minimum absolute atomic E-state index is 0.0535. The van der Waals surface area contributed by atoms with Gasteiger partial charge < -0.3 is 19.3 Å². The Balaban J connectivity index is 1.82. The average Bonchev–Trinajstić information content (AvgIpc) is 3.32. The van der Waals surface area contributed by atoms with Crippen molar-refractivity contribution in [1.82, 2.24) is 0 Å². The van der Waals surface area contributed by atoms with Gasteiger partial charge in [0.2, 0.25) is 0 Å². The van der Waals surface area contributed by atoms with E-state index in [1.807, 2.05) is 19.9 Å². The lowest BCUT2D eigenvalue weighted by Crippen LogP contribution is -2.64. The van der Waals surface area contributed by atoms with Crippen LogP contribution >= 0.6 is 0 Å². The Morgan fingerprint density at radius 1 is 1.44 bits per heavy atom. The monoisotopic (exact) mass is 348 g/mol. The molecule has 1 saturated carbocycles. The number of ketones is 1. The number of allylic oxidation sites excluding steroid dienone is 2. The van der Waals surface area contributed by atoms with Gasteiger partial charge in [0.1, 0.15) is 23.9 Å². The first kappa shape index (κ1) is 16.9. The molecule has 6 nitrogen and oxygen atoms in total. The van der Waals surface area contributed by atoms with Gasteiger partial charge >= 0.3 is 5.97 Å². The lowest BCUT2D eigenvalue weighted by molar-refractivity contribution is -0.209. The summed E-state index contributed by atoms with van der Waals surface area (Å²) in [6.45, 7) is 7.89. The van der Waals surface area contributed by atoms with Gasteiger partial charge in [0.15, 0.2) is 5.78 Å². The Kier molecular flexibility index (Phi) is 3.40. The zero-order valence-corrected chi connectivity index (χ0v) is 14.9. The second-order valence-electron chi connectivity index (χ2n) is 8.07. The molecule has 2 heterocycles. The molecule has 2 bridgehead atoms. The number of epoxide rings is 1. The zero-order valence-electron chi connectivity index (χ0n) is 14.9. The van der Waals surface area contributed by atoms with Gasteiger partial charge in [0.05, 0.1) is 12.7 Å². The maximum atomic E-state index is 12.5. The van der Waals surface area contributed by atoms with Crippen LogP contribution in [0, 0.1) is 10.8 Å². The highest BCUT2D eigenvalue weighted by atomic mass is 16.6. The van der Waals surface area contributed by atoms with Crippen LogP contribution in [0.4, 0.5) is 0 Å². The molecule has 1 unspecified atom stereocenters. The number of fused-ring (bicyclic) bond motifs is 2. The summed E-state index contributed by atoms with van der Waals surface area (Å²) in [7, 11) is 0. The number of carbonyl (C=O) groups excluding carboxylic acids is 2. The van der Waals surface area contributed by atoms with Crippen molar-refractivity contribution >= 4 is 11.8 Å². The summed E-state index contributed by atoms with van der Waals surface area (Å²) in [5.74, 6) is -0.456. The van der Waals surface area contributed by atoms with Crippen LogP contribution < -0.4 is 0 Å². The van der Waals surface area contributed by atoms with Crippen LogP contribution in [-0.2, 0) is 23.8 Å². The molecule has 0 aromatic carbocycles. The highest BCUT2D eigenvalue weighted by Gasteiger charge is 2.84. The number of rotatable bonds is 2. The van der Waals surface area contributed by atoms with E-state index in [0.29, 0.717) is 12.2 Å². The largest absolute Gasteiger partial charge is 0.456 e. The molecule has 0 radical (unpaired) electrons. The maximum absolute atomic E-state index is 12.5. The minimum atomic E-state index is -0.993. The molecule has 2 aliphatic heterocycles. The molecule has 2 aliphatic carbocycles. The third kappa shape index (κ3) is 1.85. The second-order valence-corrected chi connectivity index (χ2v) is 8.07. The van der Waals surface area contributed by atoms with E-state index in [-0.39, 0.29) is 18.3 Å². The van der Waals surface area contributed by atoms with E-state index in [0.717, 1.165) is 0 Å². The fourth-order valence-corrected chi connectivity index (χ4v) is 5.25. The third-order valence-electron chi connectivity index (χ3n) is 7.01. The molecule has 4 rings (SSSR count). The number of aliphatic hydroxyl groups is 1. The lowest BCUT2D eigenvalue weighted by atomic mass is 9.52. The van der Waals surface area contributed by atoms with Gasteiger partial charge in [-0.25, -0.2) is 4.79 Å². The highest BCUT2D eigenvalue weighted by Crippen LogP contribution is 2.71. The number of esters is 1. The van der Waals surface area contributed by atoms with Gasteiger partial charge in [-0.05, 0) is 25.5 Å². The van der Waals surface area contributed by atoms with E-state index in [4.69, 9.17) is 14.2 Å². The summed E-state index contributed by atoms with van der Waals surface area (Å²) in [4.78, 5) is 24.6. The first-order chi connectivity index (χ1) is 11.7. The standard InChI is InChI=1S/C19H24O6/c1-5-6-13(21)25-15-14(22)16-19(9-23-19)18(15,4)17(3)8-11(20)10(2)7-12(17)24-16/h5-7,12,14-16,22H,8-9H2,1-4H3/b6-5-/t12-,14-,15-,16?,17+,18+,19-/m1/s1. The Labute approximate surface area is 146 Å². The molecule has 1 N–H and O–H groups in total. The summed E-state index contributed by atoms with van der Waals surface area (Å²) >= 11 is 0. The van der Waals surface area contributed by atoms with Crippen LogP contribution in [0.5, 0.6) is 0 Å². The summed E-state index contributed by atoms with van der Waals surface area (Å²) in [6, 6.07) is 0. The van der Waals surface area contributed by atoms with Crippen LogP contribution in [0.15, 0.2) is 23.8 Å². The minimum Gasteiger partial charge on any atom is -0.456 e. The van der Waals surface area contributed by atoms with Crippen LogP contribution in [0.25, 0.3) is 0 Å². The van der Waals surface area contributed by atoms with Gasteiger partial charge in [-0.15, -0.1) is 0 Å². The molecule has 1 spiro atoms. The summed E-state index contributed by atoms with van der Waals surface area (Å²) in [5.41, 5.74) is -1.39. The van der Waals surface area contributed by atoms with Crippen molar-refractivity contribution in [3.05, 3.63) is 23.8 Å². The number of aliphatic hydroxyl groups excluding tert-OH is 1. The van der Waals surface area contributed by atoms with E-state index in [9.17, 15) is 14.7 Å². The van der Waals surface area contributed by atoms with Crippen molar-refractivity contribution in [1.29, 1.82) is 0 Å². The smallest absolute Gasteiger partial charge is 0.330 e. The fourth-order valence-electron chi connectivity index (χ4n) is 5.25. The molecule has 3 fully saturated rings. The number of hydrogen-bond acceptors (Lipinski definition) is 6. The van der Waals surface area contributed by atoms with E-state index >= 15 is 0 Å². The van der Waals surface area contributed by atoms with Crippen LogP contribution in [0.2, 0.25) is 0 Å². The predicted octanol–water partition coefficient (Wildman–Crippen LogP) is 1.32. The summed E-state index contributed by atoms with van der Waals surface area (Å²) < 4.78 is 17.7. The van der Waals surface area contributed by atoms with E-state index < -0.39 is 40.7 Å².